The minimum Gasteiger partial charge on any atom is -0.475 e. The van der Waals surface area contributed by atoms with Gasteiger partial charge in [-0.25, -0.2) is 4.98 Å². The Morgan fingerprint density at radius 3 is 2.90 bits per heavy atom. The number of aromatic amines is 1. The van der Waals surface area contributed by atoms with Crippen molar-refractivity contribution < 1.29 is 9.84 Å². The topological polar surface area (TPSA) is 110 Å². The van der Waals surface area contributed by atoms with Crippen LogP contribution in [0.25, 0.3) is 22.2 Å². The summed E-state index contributed by atoms with van der Waals surface area (Å²) in [7, 11) is 0. The van der Waals surface area contributed by atoms with Crippen LogP contribution in [0.15, 0.2) is 30.5 Å². The number of hydrogen-bond donors (Lipinski definition) is 3. The highest BCUT2D eigenvalue weighted by atomic mass is 16.5. The zero-order chi connectivity index (χ0) is 13.9. The van der Waals surface area contributed by atoms with Gasteiger partial charge in [0.05, 0.1) is 23.2 Å². The van der Waals surface area contributed by atoms with Gasteiger partial charge in [-0.15, -0.1) is 0 Å². The second kappa shape index (κ2) is 5.14. The Morgan fingerprint density at radius 1 is 1.25 bits per heavy atom. The quantitative estimate of drug-likeness (QED) is 0.652. The summed E-state index contributed by atoms with van der Waals surface area (Å²) in [6.45, 7) is 0.0728. The maximum absolute atomic E-state index is 8.83. The standard InChI is InChI=1S/C13H13N5O2/c14-13-16-11-7-8(10-3-4-15-18-10)1-2-9(11)12(17-13)20-6-5-19/h1-4,7,19H,5-6H2,(H,15,18)(H2,14,16,17). The van der Waals surface area contributed by atoms with Crippen LogP contribution in [0.5, 0.6) is 5.88 Å². The van der Waals surface area contributed by atoms with Crippen LogP contribution in [0, 0.1) is 0 Å². The average Bonchev–Trinajstić information content (AvgIpc) is 2.98. The van der Waals surface area contributed by atoms with Crippen LogP contribution in [-0.4, -0.2) is 38.5 Å². The molecule has 3 aromatic rings. The summed E-state index contributed by atoms with van der Waals surface area (Å²) in [6, 6.07) is 7.50. The number of nitrogens with zero attached hydrogens (tertiary/aromatic N) is 3. The van der Waals surface area contributed by atoms with E-state index in [0.717, 1.165) is 16.6 Å². The number of H-pyrrole nitrogens is 1. The van der Waals surface area contributed by atoms with Gasteiger partial charge in [0.2, 0.25) is 11.8 Å². The van der Waals surface area contributed by atoms with Crippen molar-refractivity contribution in [1.82, 2.24) is 20.2 Å². The minimum atomic E-state index is -0.0866. The monoisotopic (exact) mass is 271 g/mol. The van der Waals surface area contributed by atoms with Gasteiger partial charge in [0.15, 0.2) is 0 Å². The fourth-order valence-corrected chi connectivity index (χ4v) is 1.95. The third-order valence-electron chi connectivity index (χ3n) is 2.81. The van der Waals surface area contributed by atoms with E-state index in [0.29, 0.717) is 11.4 Å². The van der Waals surface area contributed by atoms with Gasteiger partial charge in [-0.2, -0.15) is 10.1 Å². The molecule has 0 radical (unpaired) electrons. The molecule has 0 fully saturated rings. The molecule has 0 spiro atoms. The third-order valence-corrected chi connectivity index (χ3v) is 2.81. The lowest BCUT2D eigenvalue weighted by atomic mass is 10.1. The lowest BCUT2D eigenvalue weighted by Crippen LogP contribution is -2.06. The van der Waals surface area contributed by atoms with Gasteiger partial charge in [0.1, 0.15) is 6.61 Å². The predicted molar refractivity (Wildman–Crippen MR) is 74.1 cm³/mol. The Balaban J connectivity index is 2.10. The SMILES string of the molecule is Nc1nc(OCCO)c2ccc(-c3cc[nH]n3)cc2n1. The number of nitrogens with two attached hydrogens (primary N) is 1. The lowest BCUT2D eigenvalue weighted by Gasteiger charge is -2.08. The van der Waals surface area contributed by atoms with Gasteiger partial charge in [0.25, 0.3) is 0 Å². The second-order valence-corrected chi connectivity index (χ2v) is 4.15. The number of rotatable bonds is 4. The summed E-state index contributed by atoms with van der Waals surface area (Å²) in [5.74, 6) is 0.500. The van der Waals surface area contributed by atoms with Gasteiger partial charge in [-0.3, -0.25) is 5.10 Å². The lowest BCUT2D eigenvalue weighted by molar-refractivity contribution is 0.198. The Hall–Kier alpha value is -2.67. The van der Waals surface area contributed by atoms with Crippen LogP contribution < -0.4 is 10.5 Å². The zero-order valence-corrected chi connectivity index (χ0v) is 10.6. The van der Waals surface area contributed by atoms with Crippen molar-refractivity contribution in [3.8, 4) is 17.1 Å². The van der Waals surface area contributed by atoms with Crippen molar-refractivity contribution in [3.05, 3.63) is 30.5 Å². The average molecular weight is 271 g/mol. The predicted octanol–water partition coefficient (Wildman–Crippen LogP) is 0.973. The summed E-state index contributed by atoms with van der Waals surface area (Å²) in [5.41, 5.74) is 8.09. The van der Waals surface area contributed by atoms with Gasteiger partial charge in [-0.1, -0.05) is 6.07 Å². The van der Waals surface area contributed by atoms with Crippen LogP contribution in [0.3, 0.4) is 0 Å². The Kier molecular flexibility index (Phi) is 3.18. The molecule has 20 heavy (non-hydrogen) atoms. The zero-order valence-electron chi connectivity index (χ0n) is 10.6. The minimum absolute atomic E-state index is 0.0866. The molecule has 7 nitrogen and oxygen atoms in total. The third kappa shape index (κ3) is 2.26. The smallest absolute Gasteiger partial charge is 0.226 e. The first-order chi connectivity index (χ1) is 9.78. The molecule has 7 heteroatoms. The van der Waals surface area contributed by atoms with Crippen molar-refractivity contribution in [1.29, 1.82) is 0 Å². The fourth-order valence-electron chi connectivity index (χ4n) is 1.95. The molecule has 2 heterocycles. The summed E-state index contributed by atoms with van der Waals surface area (Å²) in [4.78, 5) is 8.24. The highest BCUT2D eigenvalue weighted by Gasteiger charge is 2.09. The number of aromatic nitrogens is 4. The molecule has 0 unspecified atom stereocenters. The second-order valence-electron chi connectivity index (χ2n) is 4.15. The molecule has 0 saturated carbocycles. The molecular weight excluding hydrogens is 258 g/mol. The van der Waals surface area contributed by atoms with Gasteiger partial charge < -0.3 is 15.6 Å². The van der Waals surface area contributed by atoms with E-state index >= 15 is 0 Å². The number of benzene rings is 1. The van der Waals surface area contributed by atoms with E-state index < -0.39 is 0 Å². The molecule has 4 N–H and O–H groups in total. The number of nitrogen functional groups attached to an aromatic ring is 1. The number of aliphatic hydroxyl groups excluding tert-OH is 1. The van der Waals surface area contributed by atoms with Crippen LogP contribution in [0.2, 0.25) is 0 Å². The number of hydrogen-bond acceptors (Lipinski definition) is 6. The molecule has 3 rings (SSSR count). The van der Waals surface area contributed by atoms with Crippen molar-refractivity contribution in [2.24, 2.45) is 0 Å². The molecule has 0 saturated heterocycles. The molecule has 0 aliphatic heterocycles. The van der Waals surface area contributed by atoms with E-state index in [1.54, 1.807) is 6.20 Å². The van der Waals surface area contributed by atoms with E-state index in [9.17, 15) is 0 Å². The normalized spacial score (nSPS) is 10.8. The first-order valence-electron chi connectivity index (χ1n) is 6.09. The van der Waals surface area contributed by atoms with E-state index in [2.05, 4.69) is 20.2 Å². The fraction of sp³-hybridized carbons (Fsp3) is 0.154. The van der Waals surface area contributed by atoms with Gasteiger partial charge in [0, 0.05) is 11.8 Å². The van der Waals surface area contributed by atoms with E-state index in [-0.39, 0.29) is 19.2 Å². The highest BCUT2D eigenvalue weighted by molar-refractivity contribution is 5.88. The summed E-state index contributed by atoms with van der Waals surface area (Å²) < 4.78 is 5.38. The molecule has 102 valence electrons. The molecule has 0 amide bonds. The molecule has 0 aliphatic rings. The largest absolute Gasteiger partial charge is 0.475 e. The molecule has 0 aliphatic carbocycles. The highest BCUT2D eigenvalue weighted by Crippen LogP contribution is 2.27. The van der Waals surface area contributed by atoms with Crippen molar-refractivity contribution in [2.45, 2.75) is 0 Å². The maximum Gasteiger partial charge on any atom is 0.226 e. The molecule has 2 aromatic heterocycles. The van der Waals surface area contributed by atoms with Crippen LogP contribution in [-0.2, 0) is 0 Å². The molecule has 0 bridgehead atoms. The maximum atomic E-state index is 8.83. The number of nitrogens with one attached hydrogen (secondary N) is 1. The first kappa shape index (κ1) is 12.4. The number of fused-ring (bicyclic) bond motifs is 1. The summed E-state index contributed by atoms with van der Waals surface area (Å²) >= 11 is 0. The Morgan fingerprint density at radius 2 is 2.15 bits per heavy atom. The van der Waals surface area contributed by atoms with Crippen LogP contribution in [0.1, 0.15) is 0 Å². The summed E-state index contributed by atoms with van der Waals surface area (Å²) in [5, 5.41) is 16.5. The summed E-state index contributed by atoms with van der Waals surface area (Å²) in [6.07, 6.45) is 1.75. The van der Waals surface area contributed by atoms with E-state index in [4.69, 9.17) is 15.6 Å². The molecule has 1 aromatic carbocycles. The first-order valence-corrected chi connectivity index (χ1v) is 6.09. The van der Waals surface area contributed by atoms with Crippen molar-refractivity contribution in [3.63, 3.8) is 0 Å². The van der Waals surface area contributed by atoms with Gasteiger partial charge in [-0.05, 0) is 18.2 Å². The Labute approximate surface area is 114 Å². The Bertz CT molecular complexity index is 727. The van der Waals surface area contributed by atoms with E-state index in [1.807, 2.05) is 24.3 Å². The molecule has 0 atom stereocenters. The van der Waals surface area contributed by atoms with Crippen molar-refractivity contribution >= 4 is 16.9 Å². The van der Waals surface area contributed by atoms with Crippen LogP contribution in [0.4, 0.5) is 5.95 Å². The number of anilines is 1. The van der Waals surface area contributed by atoms with Crippen molar-refractivity contribution in [2.75, 3.05) is 18.9 Å². The number of ether oxygens (including phenoxy) is 1. The number of aliphatic hydroxyl groups is 1. The van der Waals surface area contributed by atoms with Gasteiger partial charge >= 0.3 is 0 Å². The van der Waals surface area contributed by atoms with Crippen LogP contribution >= 0.6 is 0 Å². The molecular formula is C13H13N5O2. The van der Waals surface area contributed by atoms with E-state index in [1.165, 1.54) is 0 Å².